The first-order valence-electron chi connectivity index (χ1n) is 36.0. The highest BCUT2D eigenvalue weighted by Gasteiger charge is 2.59. The van der Waals surface area contributed by atoms with Crippen LogP contribution in [0.1, 0.15) is 289 Å². The van der Waals surface area contributed by atoms with Crippen LogP contribution in [0.4, 0.5) is 45.7 Å². The summed E-state index contributed by atoms with van der Waals surface area (Å²) in [6.45, 7) is 56.7. The number of nitrogens with zero attached hydrogens (tertiary/aromatic N) is 3. The van der Waals surface area contributed by atoms with Crippen molar-refractivity contribution in [3.63, 3.8) is 0 Å². The van der Waals surface area contributed by atoms with Gasteiger partial charge in [0.15, 0.2) is 0 Å². The van der Waals surface area contributed by atoms with E-state index >= 15 is 0 Å². The number of rotatable bonds is 3. The maximum absolute atomic E-state index is 8.10. The molecule has 3 aliphatic heterocycles. The van der Waals surface area contributed by atoms with Gasteiger partial charge in [-0.25, -0.2) is 0 Å². The molecular weight excluding hydrogens is 1120 g/mol. The molecule has 5 nitrogen and oxygen atoms in total. The Morgan fingerprint density at radius 1 is 0.380 bits per heavy atom. The Kier molecular flexibility index (Phi) is 12.2. The molecule has 6 heteroatoms. The van der Waals surface area contributed by atoms with Crippen molar-refractivity contribution >= 4 is 90.9 Å². The normalized spacial score (nSPS) is 25.1. The first-order valence-corrected chi connectivity index (χ1v) is 36.0. The maximum Gasteiger partial charge on any atom is 0.302 e. The van der Waals surface area contributed by atoms with Crippen LogP contribution in [0.15, 0.2) is 87.7 Å². The molecule has 0 saturated heterocycles. The van der Waals surface area contributed by atoms with Gasteiger partial charge in [0.05, 0.1) is 22.6 Å². The van der Waals surface area contributed by atoms with E-state index in [0.717, 1.165) is 86.9 Å². The molecule has 0 amide bonds. The summed E-state index contributed by atoms with van der Waals surface area (Å²) in [6, 6.07) is 33.7. The minimum Gasteiger partial charge on any atom is -0.468 e. The van der Waals surface area contributed by atoms with Crippen molar-refractivity contribution in [2.24, 2.45) is 0 Å². The van der Waals surface area contributed by atoms with Crippen LogP contribution in [-0.4, -0.2) is 12.3 Å². The Labute approximate surface area is 553 Å². The van der Waals surface area contributed by atoms with Gasteiger partial charge in [-0.3, -0.25) is 4.90 Å². The highest BCUT2D eigenvalue weighted by atomic mass is 16.4. The fraction of sp³-hybridized carbons (Fsp3) is 0.535. The van der Waals surface area contributed by atoms with Gasteiger partial charge < -0.3 is 18.6 Å². The second kappa shape index (κ2) is 18.4. The lowest BCUT2D eigenvalue weighted by atomic mass is 9.35. The SMILES string of the molecule is Cc1cc2c(cc1N1c3cc(N4c5ccc(C(C)(C)C)cc5C5(C)CCCCC45C)cc4c3B(c3oc5cc6c(cc5c3N4c3cc4c(cc3C)C(C)(C)CCC4(C)C)C(C)(C)CCC6(C)C)c3c1oc1cc4c(cc31)C(C)(C)CCC4(C)C)C(C)(C)CCC2(C)C. The first kappa shape index (κ1) is 60.8. The topological polar surface area (TPSA) is 36.0 Å². The molecule has 16 rings (SSSR count). The zero-order chi connectivity index (χ0) is 65.5. The first-order chi connectivity index (χ1) is 42.7. The lowest BCUT2D eigenvalue weighted by Crippen LogP contribution is -2.61. The number of furan rings is 2. The number of fused-ring (bicyclic) bond motifs is 15. The van der Waals surface area contributed by atoms with Crippen LogP contribution in [0.25, 0.3) is 21.9 Å². The summed E-state index contributed by atoms with van der Waals surface area (Å²) in [5.41, 5.74) is 31.0. The van der Waals surface area contributed by atoms with Gasteiger partial charge in [-0.15, -0.1) is 0 Å². The fourth-order valence-corrected chi connectivity index (χ4v) is 20.2. The van der Waals surface area contributed by atoms with Crippen molar-refractivity contribution in [2.75, 3.05) is 14.7 Å². The largest absolute Gasteiger partial charge is 0.468 e. The van der Waals surface area contributed by atoms with Gasteiger partial charge in [-0.05, 0) is 261 Å². The van der Waals surface area contributed by atoms with Crippen LogP contribution in [0.5, 0.6) is 0 Å². The molecule has 2 aromatic heterocycles. The second-order valence-corrected chi connectivity index (χ2v) is 38.0. The highest BCUT2D eigenvalue weighted by molar-refractivity contribution is 7.01. The Hall–Kier alpha value is -6.14. The molecule has 1 saturated carbocycles. The third-order valence-corrected chi connectivity index (χ3v) is 27.3. The summed E-state index contributed by atoms with van der Waals surface area (Å²) in [6.07, 6.45) is 13.8. The molecule has 0 N–H and O–H groups in total. The molecule has 5 heterocycles. The maximum atomic E-state index is 8.10. The summed E-state index contributed by atoms with van der Waals surface area (Å²) >= 11 is 0. The van der Waals surface area contributed by atoms with Crippen molar-refractivity contribution in [2.45, 2.75) is 296 Å². The zero-order valence-corrected chi connectivity index (χ0v) is 60.7. The number of benzene rings is 6. The predicted molar refractivity (Wildman–Crippen MR) is 392 cm³/mol. The molecule has 0 spiro atoms. The Balaban J connectivity index is 1.10. The summed E-state index contributed by atoms with van der Waals surface area (Å²) < 4.78 is 16.1. The zero-order valence-electron chi connectivity index (χ0n) is 60.7. The van der Waals surface area contributed by atoms with Crippen molar-refractivity contribution in [1.29, 1.82) is 0 Å². The average Bonchev–Trinajstić information content (AvgIpc) is 1.43. The molecule has 92 heavy (non-hydrogen) atoms. The van der Waals surface area contributed by atoms with Crippen LogP contribution in [-0.2, 0) is 54.1 Å². The van der Waals surface area contributed by atoms with Crippen molar-refractivity contribution in [3.05, 3.63) is 146 Å². The summed E-state index contributed by atoms with van der Waals surface area (Å²) in [7, 11) is 0. The molecule has 5 aliphatic carbocycles. The van der Waals surface area contributed by atoms with E-state index in [1.165, 1.54) is 141 Å². The van der Waals surface area contributed by atoms with E-state index in [9.17, 15) is 0 Å². The van der Waals surface area contributed by atoms with E-state index in [2.05, 4.69) is 253 Å². The molecule has 1 fully saturated rings. The van der Waals surface area contributed by atoms with Crippen LogP contribution in [0.2, 0.25) is 0 Å². The molecule has 0 radical (unpaired) electrons. The molecule has 480 valence electrons. The quantitative estimate of drug-likeness (QED) is 0.165. The number of hydrogen-bond donors (Lipinski definition) is 0. The second-order valence-electron chi connectivity index (χ2n) is 38.0. The molecule has 8 aliphatic rings. The van der Waals surface area contributed by atoms with Crippen LogP contribution in [0.3, 0.4) is 0 Å². The van der Waals surface area contributed by atoms with E-state index in [1.54, 1.807) is 0 Å². The molecule has 2 atom stereocenters. The van der Waals surface area contributed by atoms with Crippen molar-refractivity contribution < 1.29 is 8.83 Å². The highest BCUT2D eigenvalue weighted by Crippen LogP contribution is 2.64. The monoisotopic (exact) mass is 1220 g/mol. The van der Waals surface area contributed by atoms with Gasteiger partial charge in [0, 0.05) is 50.1 Å². The van der Waals surface area contributed by atoms with Gasteiger partial charge in [0.25, 0.3) is 0 Å². The van der Waals surface area contributed by atoms with E-state index in [1.807, 2.05) is 0 Å². The van der Waals surface area contributed by atoms with Crippen LogP contribution in [0, 0.1) is 13.8 Å². The lowest BCUT2D eigenvalue weighted by Gasteiger charge is -2.51. The molecular formula is C86H106BN3O2. The Bertz CT molecular complexity index is 4560. The summed E-state index contributed by atoms with van der Waals surface area (Å²) in [5.74, 6) is 0.926. The van der Waals surface area contributed by atoms with Crippen molar-refractivity contribution in [1.82, 2.24) is 0 Å². The smallest absolute Gasteiger partial charge is 0.302 e. The predicted octanol–water partition coefficient (Wildman–Crippen LogP) is 22.3. The van der Waals surface area contributed by atoms with E-state index in [-0.39, 0.29) is 66.4 Å². The Morgan fingerprint density at radius 2 is 0.793 bits per heavy atom. The lowest BCUT2D eigenvalue weighted by molar-refractivity contribution is 0.195. The van der Waals surface area contributed by atoms with Crippen LogP contribution < -0.4 is 31.3 Å². The van der Waals surface area contributed by atoms with Gasteiger partial charge in [-0.1, -0.05) is 176 Å². The molecule has 2 unspecified atom stereocenters. The molecule has 6 aromatic carbocycles. The standard InChI is InChI=1S/C86H106BN3O2/c1-49-38-55-59(81(14,15)34-30-77(55,6)7)45-65(49)88-67-41-52(90-64-27-26-51(76(3,4)5)40-63(64)85(22)28-24-25-29-86(85,90)23)42-68-72(67)87(74-73(88)54-44-58-62(48-70(54)91-74)84(20,21)37-33-80(58,12)13)71-53-43-57-61(83(18,19)36-32-79(57,10)11)47-69(53)92-75(71)89(68)66-46-60-56(39-50(66)2)78(8,9)31-35-82(60,16)17/h26-27,38-48H,24-25,28-37H2,1-23H3. The minimum atomic E-state index is -0.298. The number of aryl methyl sites for hydroxylation is 2. The van der Waals surface area contributed by atoms with Gasteiger partial charge in [0.1, 0.15) is 11.2 Å². The average molecular weight is 1220 g/mol. The Morgan fingerprint density at radius 3 is 1.28 bits per heavy atom. The van der Waals surface area contributed by atoms with E-state index in [4.69, 9.17) is 8.83 Å². The third kappa shape index (κ3) is 8.09. The summed E-state index contributed by atoms with van der Waals surface area (Å²) in [5, 5.41) is 2.42. The van der Waals surface area contributed by atoms with E-state index < -0.39 is 0 Å². The molecule has 8 aromatic rings. The molecule has 0 bridgehead atoms. The number of hydrogen-bond acceptors (Lipinski definition) is 5. The van der Waals surface area contributed by atoms with Gasteiger partial charge in [0.2, 0.25) is 5.88 Å². The number of anilines is 8. The minimum absolute atomic E-state index is 0.00722. The van der Waals surface area contributed by atoms with Gasteiger partial charge in [-0.2, -0.15) is 0 Å². The summed E-state index contributed by atoms with van der Waals surface area (Å²) in [4.78, 5) is 8.33. The third-order valence-electron chi connectivity index (χ3n) is 27.3. The fourth-order valence-electron chi connectivity index (χ4n) is 20.2. The van der Waals surface area contributed by atoms with E-state index in [0.29, 0.717) is 0 Å². The van der Waals surface area contributed by atoms with Crippen molar-refractivity contribution in [3.8, 4) is 0 Å². The van der Waals surface area contributed by atoms with Crippen LogP contribution >= 0.6 is 0 Å². The van der Waals surface area contributed by atoms with Gasteiger partial charge >= 0.3 is 6.71 Å².